The van der Waals surface area contributed by atoms with E-state index in [4.69, 9.17) is 4.74 Å². The van der Waals surface area contributed by atoms with Crippen LogP contribution >= 0.6 is 0 Å². The third kappa shape index (κ3) is 4.53. The molecule has 2 aliphatic heterocycles. The second kappa shape index (κ2) is 9.54. The van der Waals surface area contributed by atoms with Gasteiger partial charge in [-0.25, -0.2) is 0 Å². The van der Waals surface area contributed by atoms with E-state index in [0.29, 0.717) is 6.42 Å². The van der Waals surface area contributed by atoms with E-state index in [0.717, 1.165) is 32.1 Å². The van der Waals surface area contributed by atoms with E-state index in [1.54, 1.807) is 0 Å². The standard InChI is InChI=1S/C25H41NO4/c1-6-18-12-19-13-20-23(28)17(5)22(30-25(19,20)26-24(18)29)14-21(27)16(4)11-9-7-8-10-15(2)3/h7-8,10,16-23,27-28H,6,9,11-14H2,1-5H3,(H,26,29)/b8-7+/t16-,17-,18-,19+,20-,21-,22-,23-,25+/m0/s1. The molecule has 30 heavy (non-hydrogen) atoms. The van der Waals surface area contributed by atoms with E-state index in [1.165, 1.54) is 5.57 Å². The highest BCUT2D eigenvalue weighted by molar-refractivity contribution is 5.80. The van der Waals surface area contributed by atoms with E-state index in [9.17, 15) is 15.0 Å². The highest BCUT2D eigenvalue weighted by Gasteiger charge is 2.66. The first-order valence-corrected chi connectivity index (χ1v) is 11.9. The van der Waals surface area contributed by atoms with E-state index in [2.05, 4.69) is 44.3 Å². The van der Waals surface area contributed by atoms with Crippen LogP contribution in [0.1, 0.15) is 73.1 Å². The predicted octanol–water partition coefficient (Wildman–Crippen LogP) is 3.95. The quantitative estimate of drug-likeness (QED) is 0.521. The summed E-state index contributed by atoms with van der Waals surface area (Å²) < 4.78 is 6.54. The SMILES string of the molecule is CC[C@H]1C[C@@H]2C[C@H]3[C@@H](O)[C@@H](C)[C@H](C[C@H](O)[C@@H](C)CC/C=C/C=C(C)C)O[C@]23NC1=O. The minimum atomic E-state index is -0.727. The first kappa shape index (κ1) is 23.5. The molecule has 1 amide bonds. The summed E-state index contributed by atoms with van der Waals surface area (Å²) in [5, 5.41) is 24.9. The third-order valence-electron chi connectivity index (χ3n) is 7.82. The van der Waals surface area contributed by atoms with Gasteiger partial charge in [0.1, 0.15) is 5.72 Å². The van der Waals surface area contributed by atoms with Crippen molar-refractivity contribution in [2.24, 2.45) is 29.6 Å². The van der Waals surface area contributed by atoms with Gasteiger partial charge in [0.2, 0.25) is 5.91 Å². The van der Waals surface area contributed by atoms with Crippen LogP contribution in [0, 0.1) is 29.6 Å². The number of piperidine rings is 1. The Bertz CT molecular complexity index is 670. The van der Waals surface area contributed by atoms with Gasteiger partial charge < -0.3 is 20.3 Å². The number of carbonyl (C=O) groups excluding carboxylic acids is 1. The van der Waals surface area contributed by atoms with Gasteiger partial charge in [0, 0.05) is 30.1 Å². The molecule has 1 spiro atoms. The smallest absolute Gasteiger partial charge is 0.225 e. The van der Waals surface area contributed by atoms with Gasteiger partial charge in [0.05, 0.1) is 18.3 Å². The Kier molecular flexibility index (Phi) is 7.47. The lowest BCUT2D eigenvalue weighted by Gasteiger charge is -2.65. The molecule has 0 unspecified atom stereocenters. The Balaban J connectivity index is 1.60. The monoisotopic (exact) mass is 419 g/mol. The van der Waals surface area contributed by atoms with Crippen molar-refractivity contribution in [1.82, 2.24) is 5.32 Å². The Hall–Kier alpha value is -1.17. The molecule has 3 fully saturated rings. The number of ether oxygens (including phenoxy) is 1. The molecule has 1 aliphatic carbocycles. The molecular formula is C25H41NO4. The average Bonchev–Trinajstić information content (AvgIpc) is 2.68. The van der Waals surface area contributed by atoms with E-state index >= 15 is 0 Å². The van der Waals surface area contributed by atoms with Crippen molar-refractivity contribution >= 4 is 5.91 Å². The molecule has 170 valence electrons. The fraction of sp³-hybridized carbons (Fsp3) is 0.800. The minimum absolute atomic E-state index is 0.0368. The number of aliphatic hydroxyl groups is 2. The van der Waals surface area contributed by atoms with Crippen LogP contribution in [0.3, 0.4) is 0 Å². The van der Waals surface area contributed by atoms with Gasteiger partial charge in [-0.05, 0) is 51.9 Å². The van der Waals surface area contributed by atoms with Gasteiger partial charge in [0.25, 0.3) is 0 Å². The van der Waals surface area contributed by atoms with Crippen molar-refractivity contribution in [3.8, 4) is 0 Å². The van der Waals surface area contributed by atoms with Crippen LogP contribution in [0.5, 0.6) is 0 Å². The number of hydrogen-bond acceptors (Lipinski definition) is 4. The van der Waals surface area contributed by atoms with Gasteiger partial charge in [-0.15, -0.1) is 0 Å². The van der Waals surface area contributed by atoms with Gasteiger partial charge in [0.15, 0.2) is 0 Å². The van der Waals surface area contributed by atoms with E-state index in [1.807, 2.05) is 13.8 Å². The van der Waals surface area contributed by atoms with E-state index < -0.39 is 17.9 Å². The third-order valence-corrected chi connectivity index (χ3v) is 7.82. The molecule has 2 saturated heterocycles. The normalized spacial score (nSPS) is 40.0. The first-order valence-electron chi connectivity index (χ1n) is 11.9. The lowest BCUT2D eigenvalue weighted by molar-refractivity contribution is -0.320. The summed E-state index contributed by atoms with van der Waals surface area (Å²) >= 11 is 0. The molecular weight excluding hydrogens is 378 g/mol. The number of aliphatic hydroxyl groups excluding tert-OH is 2. The molecule has 0 aromatic rings. The summed E-state index contributed by atoms with van der Waals surface area (Å²) in [5.41, 5.74) is 0.545. The van der Waals surface area contributed by atoms with Crippen molar-refractivity contribution in [2.75, 3.05) is 0 Å². The highest BCUT2D eigenvalue weighted by Crippen LogP contribution is 2.57. The van der Waals surface area contributed by atoms with Crippen molar-refractivity contribution < 1.29 is 19.7 Å². The second-order valence-electron chi connectivity index (χ2n) is 10.2. The fourth-order valence-corrected chi connectivity index (χ4v) is 5.55. The molecule has 1 saturated carbocycles. The summed E-state index contributed by atoms with van der Waals surface area (Å²) in [7, 11) is 0. The summed E-state index contributed by atoms with van der Waals surface area (Å²) in [6.07, 6.45) is 9.96. The van der Waals surface area contributed by atoms with Crippen molar-refractivity contribution in [3.05, 3.63) is 23.8 Å². The van der Waals surface area contributed by atoms with Crippen molar-refractivity contribution in [3.63, 3.8) is 0 Å². The fourth-order valence-electron chi connectivity index (χ4n) is 5.55. The highest BCUT2D eigenvalue weighted by atomic mass is 16.5. The zero-order chi connectivity index (χ0) is 22.1. The Morgan fingerprint density at radius 3 is 2.77 bits per heavy atom. The molecule has 0 aromatic heterocycles. The minimum Gasteiger partial charge on any atom is -0.393 e. The Labute approximate surface area is 182 Å². The van der Waals surface area contributed by atoms with Gasteiger partial charge in [-0.2, -0.15) is 0 Å². The van der Waals surface area contributed by atoms with Crippen molar-refractivity contribution in [2.45, 2.75) is 97.2 Å². The molecule has 5 heteroatoms. The van der Waals surface area contributed by atoms with Crippen LogP contribution in [0.2, 0.25) is 0 Å². The lowest BCUT2D eigenvalue weighted by Crippen LogP contribution is -2.78. The van der Waals surface area contributed by atoms with Gasteiger partial charge >= 0.3 is 0 Å². The zero-order valence-corrected chi connectivity index (χ0v) is 19.3. The Morgan fingerprint density at radius 1 is 1.37 bits per heavy atom. The molecule has 5 nitrogen and oxygen atoms in total. The van der Waals surface area contributed by atoms with Crippen LogP contribution in [-0.2, 0) is 9.53 Å². The van der Waals surface area contributed by atoms with Crippen LogP contribution in [0.15, 0.2) is 23.8 Å². The second-order valence-corrected chi connectivity index (χ2v) is 10.2. The predicted molar refractivity (Wildman–Crippen MR) is 119 cm³/mol. The zero-order valence-electron chi connectivity index (χ0n) is 19.3. The molecule has 3 N–H and O–H groups in total. The Morgan fingerprint density at radius 2 is 2.10 bits per heavy atom. The van der Waals surface area contributed by atoms with E-state index in [-0.39, 0.29) is 41.6 Å². The summed E-state index contributed by atoms with van der Waals surface area (Å²) in [6.45, 7) is 10.3. The summed E-state index contributed by atoms with van der Waals surface area (Å²) in [4.78, 5) is 12.6. The first-order chi connectivity index (χ1) is 14.2. The maximum atomic E-state index is 12.6. The van der Waals surface area contributed by atoms with Gasteiger partial charge in [-0.1, -0.05) is 44.6 Å². The molecule has 9 atom stereocenters. The largest absolute Gasteiger partial charge is 0.393 e. The average molecular weight is 420 g/mol. The van der Waals surface area contributed by atoms with Crippen LogP contribution in [-0.4, -0.2) is 40.2 Å². The number of rotatable bonds is 8. The molecule has 3 rings (SSSR count). The topological polar surface area (TPSA) is 78.8 Å². The maximum absolute atomic E-state index is 12.6. The maximum Gasteiger partial charge on any atom is 0.225 e. The summed E-state index contributed by atoms with van der Waals surface area (Å²) in [6, 6.07) is 0. The number of carbonyl (C=O) groups is 1. The molecule has 0 aromatic carbocycles. The van der Waals surface area contributed by atoms with Crippen LogP contribution in [0.4, 0.5) is 0 Å². The number of allylic oxidation sites excluding steroid dienone is 4. The van der Waals surface area contributed by atoms with Crippen LogP contribution in [0.25, 0.3) is 0 Å². The van der Waals surface area contributed by atoms with Crippen molar-refractivity contribution in [1.29, 1.82) is 0 Å². The lowest BCUT2D eigenvalue weighted by atomic mass is 9.55. The molecule has 0 radical (unpaired) electrons. The number of hydrogen-bond donors (Lipinski definition) is 3. The van der Waals surface area contributed by atoms with Crippen LogP contribution < -0.4 is 5.32 Å². The molecule has 3 aliphatic rings. The number of amides is 1. The summed E-state index contributed by atoms with van der Waals surface area (Å²) in [5.74, 6) is 0.421. The number of nitrogens with one attached hydrogen (secondary N) is 1. The molecule has 0 bridgehead atoms. The van der Waals surface area contributed by atoms with Gasteiger partial charge in [-0.3, -0.25) is 4.79 Å². The molecule has 2 heterocycles.